The predicted molar refractivity (Wildman–Crippen MR) is 103 cm³/mol. The summed E-state index contributed by atoms with van der Waals surface area (Å²) in [6.07, 6.45) is -4.84. The zero-order chi connectivity index (χ0) is 21.4. The molecule has 0 amide bonds. The summed E-state index contributed by atoms with van der Waals surface area (Å²) in [6.45, 7) is 0.661. The van der Waals surface area contributed by atoms with Gasteiger partial charge in [0.1, 0.15) is 18.3 Å². The van der Waals surface area contributed by atoms with Crippen LogP contribution in [0.2, 0.25) is 0 Å². The van der Waals surface area contributed by atoms with Crippen molar-refractivity contribution in [3.05, 3.63) is 32.6 Å². The van der Waals surface area contributed by atoms with E-state index in [-0.39, 0.29) is 5.56 Å². The number of carbonyl (C=O) groups is 1. The molecule has 0 aliphatic carbocycles. The molecule has 12 nitrogen and oxygen atoms in total. The number of rotatable bonds is 5. The standard InChI is InChI=1S/C12H14Br3N2O10P/c1-4-2-17(11(22)16-8(4)20)9-7(19)6(18)5(26-9)3-25-28(23,24)27-10(21)12(13,14)15/h2,5-7,9,18-19H,3H2,1H3,(H,23,24)(H,16,20,22)/t5-,6-,7-,9-/m1/s1. The molecule has 1 aromatic heterocycles. The number of nitrogens with one attached hydrogen (secondary N) is 1. The van der Waals surface area contributed by atoms with Gasteiger partial charge in [-0.25, -0.2) is 14.2 Å². The molecule has 2 rings (SSSR count). The van der Waals surface area contributed by atoms with E-state index in [1.807, 2.05) is 4.98 Å². The van der Waals surface area contributed by atoms with Gasteiger partial charge in [0.2, 0.25) is 2.14 Å². The maximum absolute atomic E-state index is 11.9. The number of aliphatic hydroxyl groups is 2. The summed E-state index contributed by atoms with van der Waals surface area (Å²) < 4.78 is 25.3. The molecule has 1 saturated heterocycles. The van der Waals surface area contributed by atoms with Crippen molar-refractivity contribution in [2.75, 3.05) is 6.61 Å². The van der Waals surface area contributed by atoms with Crippen LogP contribution in [0.5, 0.6) is 0 Å². The van der Waals surface area contributed by atoms with Gasteiger partial charge in [-0.1, -0.05) is 0 Å². The molecule has 1 aliphatic heterocycles. The number of phosphoric ester groups is 1. The first-order valence-electron chi connectivity index (χ1n) is 7.34. The lowest BCUT2D eigenvalue weighted by atomic mass is 10.1. The van der Waals surface area contributed by atoms with Gasteiger partial charge >= 0.3 is 19.5 Å². The van der Waals surface area contributed by atoms with Gasteiger partial charge in [-0.15, -0.1) is 0 Å². The topological polar surface area (TPSA) is 177 Å². The molecule has 158 valence electrons. The van der Waals surface area contributed by atoms with Gasteiger partial charge in [-0.3, -0.25) is 23.8 Å². The van der Waals surface area contributed by atoms with Crippen molar-refractivity contribution in [2.24, 2.45) is 0 Å². The number of aromatic amines is 1. The molecule has 1 unspecified atom stereocenters. The minimum absolute atomic E-state index is 0.152. The number of halogens is 3. The maximum atomic E-state index is 11.9. The van der Waals surface area contributed by atoms with Crippen LogP contribution in [0.1, 0.15) is 11.8 Å². The predicted octanol–water partition coefficient (Wildman–Crippen LogP) is -0.0371. The van der Waals surface area contributed by atoms with Crippen LogP contribution >= 0.6 is 55.6 Å². The fourth-order valence-electron chi connectivity index (χ4n) is 2.22. The highest BCUT2D eigenvalue weighted by Gasteiger charge is 2.46. The number of H-pyrrole nitrogens is 1. The molecule has 4 N–H and O–H groups in total. The molecule has 0 bridgehead atoms. The summed E-state index contributed by atoms with van der Waals surface area (Å²) in [5.41, 5.74) is -1.36. The number of hydrogen-bond donors (Lipinski definition) is 4. The van der Waals surface area contributed by atoms with E-state index in [0.717, 1.165) is 10.8 Å². The minimum Gasteiger partial charge on any atom is -0.387 e. The molecule has 16 heteroatoms. The van der Waals surface area contributed by atoms with Crippen molar-refractivity contribution < 1.29 is 38.3 Å². The maximum Gasteiger partial charge on any atom is 0.529 e. The van der Waals surface area contributed by atoms with Gasteiger partial charge in [-0.2, -0.15) is 0 Å². The largest absolute Gasteiger partial charge is 0.529 e. The first-order chi connectivity index (χ1) is 12.7. The van der Waals surface area contributed by atoms with E-state index in [2.05, 4.69) is 56.8 Å². The molecule has 1 fully saturated rings. The lowest BCUT2D eigenvalue weighted by Crippen LogP contribution is -2.38. The number of nitrogens with zero attached hydrogens (tertiary/aromatic N) is 1. The van der Waals surface area contributed by atoms with Crippen molar-refractivity contribution in [3.63, 3.8) is 0 Å². The summed E-state index contributed by atoms with van der Waals surface area (Å²) in [7, 11) is -4.89. The summed E-state index contributed by atoms with van der Waals surface area (Å²) in [6, 6.07) is 0. The molecule has 1 aromatic rings. The van der Waals surface area contributed by atoms with Crippen LogP contribution in [0.25, 0.3) is 0 Å². The Balaban J connectivity index is 2.10. The van der Waals surface area contributed by atoms with Crippen molar-refractivity contribution in [3.8, 4) is 0 Å². The third-order valence-electron chi connectivity index (χ3n) is 3.59. The first kappa shape index (κ1) is 23.9. The van der Waals surface area contributed by atoms with Crippen LogP contribution in [-0.2, 0) is 23.1 Å². The Kier molecular flexibility index (Phi) is 7.49. The van der Waals surface area contributed by atoms with Crippen molar-refractivity contribution >= 4 is 61.6 Å². The van der Waals surface area contributed by atoms with E-state index in [1.165, 1.54) is 6.92 Å². The van der Waals surface area contributed by atoms with Crippen LogP contribution in [0.4, 0.5) is 0 Å². The Hall–Kier alpha value is -0.380. The second-order valence-electron chi connectivity index (χ2n) is 5.67. The van der Waals surface area contributed by atoms with Crippen molar-refractivity contribution in [1.82, 2.24) is 9.55 Å². The third kappa shape index (κ3) is 5.61. The smallest absolute Gasteiger partial charge is 0.387 e. The van der Waals surface area contributed by atoms with Gasteiger partial charge in [0.25, 0.3) is 5.56 Å². The quantitative estimate of drug-likeness (QED) is 0.259. The zero-order valence-electron chi connectivity index (χ0n) is 13.8. The number of ether oxygens (including phenoxy) is 1. The number of phosphoric acid groups is 1. The summed E-state index contributed by atoms with van der Waals surface area (Å²) in [5, 5.41) is 20.2. The number of alkyl halides is 3. The first-order valence-corrected chi connectivity index (χ1v) is 11.2. The fraction of sp³-hybridized carbons (Fsp3) is 0.583. The molecule has 0 spiro atoms. The Morgan fingerprint density at radius 1 is 1.36 bits per heavy atom. The van der Waals surface area contributed by atoms with Gasteiger partial charge in [0, 0.05) is 11.8 Å². The van der Waals surface area contributed by atoms with E-state index in [1.54, 1.807) is 0 Å². The highest BCUT2D eigenvalue weighted by molar-refractivity contribution is 9.40. The molecule has 5 atom stereocenters. The van der Waals surface area contributed by atoms with Crippen LogP contribution in [0.3, 0.4) is 0 Å². The molecule has 0 aromatic carbocycles. The fourth-order valence-corrected chi connectivity index (χ4v) is 3.57. The summed E-state index contributed by atoms with van der Waals surface area (Å²) in [4.78, 5) is 46.5. The monoisotopic (exact) mass is 614 g/mol. The number of hydrogen-bond acceptors (Lipinski definition) is 9. The lowest BCUT2D eigenvalue weighted by Gasteiger charge is -2.19. The normalized spacial score (nSPS) is 27.4. The molecule has 28 heavy (non-hydrogen) atoms. The third-order valence-corrected chi connectivity index (χ3v) is 5.43. The Bertz CT molecular complexity index is 912. The molecular formula is C12H14Br3N2O10P. The van der Waals surface area contributed by atoms with E-state index < -0.39 is 58.3 Å². The van der Waals surface area contributed by atoms with E-state index in [0.29, 0.717) is 0 Å². The average molecular weight is 617 g/mol. The van der Waals surface area contributed by atoms with Crippen molar-refractivity contribution in [1.29, 1.82) is 0 Å². The van der Waals surface area contributed by atoms with E-state index in [9.17, 15) is 34.1 Å². The summed E-state index contributed by atoms with van der Waals surface area (Å²) in [5.74, 6) is -1.22. The zero-order valence-corrected chi connectivity index (χ0v) is 19.5. The van der Waals surface area contributed by atoms with E-state index in [4.69, 9.17) is 4.74 Å². The van der Waals surface area contributed by atoms with E-state index >= 15 is 0 Å². The Morgan fingerprint density at radius 2 is 1.96 bits per heavy atom. The van der Waals surface area contributed by atoms with Crippen LogP contribution in [0, 0.1) is 6.92 Å². The molecular weight excluding hydrogens is 603 g/mol. The number of aryl methyl sites for hydroxylation is 1. The van der Waals surface area contributed by atoms with Gasteiger partial charge in [-0.05, 0) is 54.7 Å². The lowest BCUT2D eigenvalue weighted by molar-refractivity contribution is -0.134. The molecule has 1 aliphatic rings. The van der Waals surface area contributed by atoms with Crippen LogP contribution in [0.15, 0.2) is 15.8 Å². The second kappa shape index (κ2) is 8.78. The molecule has 0 radical (unpaired) electrons. The SMILES string of the molecule is Cc1cn([C@@H]2O[C@H](COP(=O)(O)OC(=O)C(Br)(Br)Br)[C@@H](O)[C@H]2O)c(=O)[nH]c1=O. The number of aromatic nitrogens is 2. The average Bonchev–Trinajstić information content (AvgIpc) is 2.83. The number of aliphatic hydroxyl groups excluding tert-OH is 2. The van der Waals surface area contributed by atoms with Crippen LogP contribution < -0.4 is 11.2 Å². The van der Waals surface area contributed by atoms with Crippen LogP contribution in [-0.4, -0.2) is 57.7 Å². The number of carbonyl (C=O) groups excluding carboxylic acids is 1. The van der Waals surface area contributed by atoms with Gasteiger partial charge in [0.15, 0.2) is 6.23 Å². The Morgan fingerprint density at radius 3 is 2.54 bits per heavy atom. The van der Waals surface area contributed by atoms with Gasteiger partial charge < -0.3 is 19.5 Å². The summed E-state index contributed by atoms with van der Waals surface area (Å²) >= 11 is 8.40. The van der Waals surface area contributed by atoms with Gasteiger partial charge in [0.05, 0.1) is 6.61 Å². The highest BCUT2D eigenvalue weighted by Crippen LogP contribution is 2.48. The molecule has 2 heterocycles. The highest BCUT2D eigenvalue weighted by atomic mass is 80.0. The Labute approximate surface area is 181 Å². The minimum atomic E-state index is -4.89. The second-order valence-corrected chi connectivity index (χ2v) is 13.8. The molecule has 0 saturated carbocycles. The van der Waals surface area contributed by atoms with Crippen molar-refractivity contribution in [2.45, 2.75) is 33.6 Å².